The summed E-state index contributed by atoms with van der Waals surface area (Å²) in [4.78, 5) is 5.48. The molecular formula is C15H29N3. The van der Waals surface area contributed by atoms with Crippen molar-refractivity contribution in [3.05, 3.63) is 0 Å². The van der Waals surface area contributed by atoms with Crippen LogP contribution in [0.3, 0.4) is 0 Å². The third kappa shape index (κ3) is 2.33. The third-order valence-corrected chi connectivity index (χ3v) is 5.71. The first kappa shape index (κ1) is 12.9. The summed E-state index contributed by atoms with van der Waals surface area (Å²) in [6, 6.07) is 0.872. The lowest BCUT2D eigenvalue weighted by Gasteiger charge is -2.53. The summed E-state index contributed by atoms with van der Waals surface area (Å²) in [5, 5.41) is 0. The molecule has 3 heteroatoms. The molecule has 3 nitrogen and oxygen atoms in total. The third-order valence-electron chi connectivity index (χ3n) is 5.71. The minimum absolute atomic E-state index is 0.410. The lowest BCUT2D eigenvalue weighted by Crippen LogP contribution is -2.61. The molecule has 0 radical (unpaired) electrons. The normalized spacial score (nSPS) is 31.2. The first-order chi connectivity index (χ1) is 8.84. The van der Waals surface area contributed by atoms with Crippen LogP contribution in [0.5, 0.6) is 0 Å². The molecule has 0 atom stereocenters. The number of piperidine rings is 2. The van der Waals surface area contributed by atoms with Crippen LogP contribution in [0.1, 0.15) is 51.4 Å². The molecule has 1 aliphatic carbocycles. The molecule has 0 unspecified atom stereocenters. The smallest absolute Gasteiger partial charge is 0.0331 e. The lowest BCUT2D eigenvalue weighted by atomic mass is 9.74. The van der Waals surface area contributed by atoms with Crippen molar-refractivity contribution < 1.29 is 0 Å². The molecule has 2 aliphatic heterocycles. The monoisotopic (exact) mass is 251 g/mol. The molecule has 3 aliphatic rings. The van der Waals surface area contributed by atoms with E-state index in [1.807, 2.05) is 0 Å². The molecule has 3 fully saturated rings. The summed E-state index contributed by atoms with van der Waals surface area (Å²) in [7, 11) is 0. The van der Waals surface area contributed by atoms with E-state index in [4.69, 9.17) is 5.73 Å². The van der Waals surface area contributed by atoms with Gasteiger partial charge in [0, 0.05) is 31.2 Å². The van der Waals surface area contributed by atoms with E-state index in [-0.39, 0.29) is 0 Å². The fourth-order valence-electron chi connectivity index (χ4n) is 4.22. The largest absolute Gasteiger partial charge is 0.329 e. The van der Waals surface area contributed by atoms with E-state index >= 15 is 0 Å². The predicted molar refractivity (Wildman–Crippen MR) is 75.7 cm³/mol. The summed E-state index contributed by atoms with van der Waals surface area (Å²) in [5.41, 5.74) is 6.43. The van der Waals surface area contributed by atoms with E-state index in [1.54, 1.807) is 0 Å². The van der Waals surface area contributed by atoms with Gasteiger partial charge in [0.1, 0.15) is 0 Å². The SMILES string of the molecule is NCC1(N2CCC(N3CCCCC3)CC2)CCC1. The van der Waals surface area contributed by atoms with E-state index in [2.05, 4.69) is 9.80 Å². The minimum Gasteiger partial charge on any atom is -0.329 e. The zero-order valence-corrected chi connectivity index (χ0v) is 11.7. The highest BCUT2D eigenvalue weighted by molar-refractivity contribution is 5.00. The van der Waals surface area contributed by atoms with Crippen molar-refractivity contribution in [2.24, 2.45) is 5.73 Å². The Balaban J connectivity index is 1.51. The van der Waals surface area contributed by atoms with Gasteiger partial charge in [-0.15, -0.1) is 0 Å². The topological polar surface area (TPSA) is 32.5 Å². The maximum absolute atomic E-state index is 6.03. The predicted octanol–water partition coefficient (Wildman–Crippen LogP) is 1.82. The number of likely N-dealkylation sites (tertiary alicyclic amines) is 2. The van der Waals surface area contributed by atoms with Crippen LogP contribution in [0, 0.1) is 0 Å². The Morgan fingerprint density at radius 2 is 1.56 bits per heavy atom. The number of nitrogens with zero attached hydrogens (tertiary/aromatic N) is 2. The summed E-state index contributed by atoms with van der Waals surface area (Å²) in [6.45, 7) is 6.16. The zero-order chi connectivity index (χ0) is 12.4. The van der Waals surface area contributed by atoms with E-state index in [9.17, 15) is 0 Å². The van der Waals surface area contributed by atoms with Gasteiger partial charge < -0.3 is 10.6 Å². The van der Waals surface area contributed by atoms with Crippen molar-refractivity contribution in [1.29, 1.82) is 0 Å². The van der Waals surface area contributed by atoms with Crippen molar-refractivity contribution in [3.63, 3.8) is 0 Å². The highest BCUT2D eigenvalue weighted by Crippen LogP contribution is 2.38. The van der Waals surface area contributed by atoms with E-state index in [0.29, 0.717) is 5.54 Å². The molecule has 0 aromatic carbocycles. The highest BCUT2D eigenvalue weighted by Gasteiger charge is 2.42. The molecular weight excluding hydrogens is 222 g/mol. The quantitative estimate of drug-likeness (QED) is 0.830. The van der Waals surface area contributed by atoms with Crippen molar-refractivity contribution in [2.45, 2.75) is 62.9 Å². The molecule has 2 saturated heterocycles. The Morgan fingerprint density at radius 1 is 0.889 bits per heavy atom. The highest BCUT2D eigenvalue weighted by atomic mass is 15.3. The molecule has 0 aromatic rings. The molecule has 0 amide bonds. The Hall–Kier alpha value is -0.120. The van der Waals surface area contributed by atoms with Crippen LogP contribution in [0.2, 0.25) is 0 Å². The summed E-state index contributed by atoms with van der Waals surface area (Å²) in [6.07, 6.45) is 11.1. The van der Waals surface area contributed by atoms with E-state index in [0.717, 1.165) is 12.6 Å². The van der Waals surface area contributed by atoms with Crippen LogP contribution in [0.4, 0.5) is 0 Å². The Kier molecular flexibility index (Phi) is 3.92. The second-order valence-electron chi connectivity index (χ2n) is 6.60. The van der Waals surface area contributed by atoms with Crippen molar-refractivity contribution in [3.8, 4) is 0 Å². The molecule has 0 aromatic heterocycles. The van der Waals surface area contributed by atoms with Crippen molar-refractivity contribution >= 4 is 0 Å². The van der Waals surface area contributed by atoms with Crippen LogP contribution >= 0.6 is 0 Å². The second-order valence-corrected chi connectivity index (χ2v) is 6.60. The molecule has 1 saturated carbocycles. The van der Waals surface area contributed by atoms with E-state index in [1.165, 1.54) is 77.5 Å². The lowest BCUT2D eigenvalue weighted by molar-refractivity contribution is -0.0143. The van der Waals surface area contributed by atoms with Gasteiger partial charge in [-0.25, -0.2) is 0 Å². The van der Waals surface area contributed by atoms with Gasteiger partial charge in [-0.05, 0) is 58.0 Å². The fraction of sp³-hybridized carbons (Fsp3) is 1.00. The average molecular weight is 251 g/mol. The van der Waals surface area contributed by atoms with Crippen LogP contribution in [-0.4, -0.2) is 54.1 Å². The molecule has 3 rings (SSSR count). The van der Waals surface area contributed by atoms with Gasteiger partial charge in [0.05, 0.1) is 0 Å². The number of nitrogens with two attached hydrogens (primary N) is 1. The molecule has 2 heterocycles. The van der Waals surface area contributed by atoms with Gasteiger partial charge in [0.2, 0.25) is 0 Å². The molecule has 104 valence electrons. The van der Waals surface area contributed by atoms with E-state index < -0.39 is 0 Å². The number of hydrogen-bond donors (Lipinski definition) is 1. The van der Waals surface area contributed by atoms with Gasteiger partial charge >= 0.3 is 0 Å². The summed E-state index contributed by atoms with van der Waals surface area (Å²) >= 11 is 0. The number of rotatable bonds is 3. The van der Waals surface area contributed by atoms with Crippen LogP contribution in [0.25, 0.3) is 0 Å². The first-order valence-corrected chi connectivity index (χ1v) is 8.03. The molecule has 0 bridgehead atoms. The maximum Gasteiger partial charge on any atom is 0.0331 e. The number of hydrogen-bond acceptors (Lipinski definition) is 3. The van der Waals surface area contributed by atoms with Gasteiger partial charge in [0.25, 0.3) is 0 Å². The summed E-state index contributed by atoms with van der Waals surface area (Å²) in [5.74, 6) is 0. The van der Waals surface area contributed by atoms with Crippen LogP contribution < -0.4 is 5.73 Å². The maximum atomic E-state index is 6.03. The molecule has 0 spiro atoms. The average Bonchev–Trinajstić information content (AvgIpc) is 2.40. The van der Waals surface area contributed by atoms with Gasteiger partial charge in [-0.1, -0.05) is 6.42 Å². The standard InChI is InChI=1S/C15H29N3/c16-13-15(7-4-8-15)18-11-5-14(6-12-18)17-9-2-1-3-10-17/h14H,1-13,16H2. The van der Waals surface area contributed by atoms with Crippen molar-refractivity contribution in [1.82, 2.24) is 9.80 Å². The Bertz CT molecular complexity index is 255. The zero-order valence-electron chi connectivity index (χ0n) is 11.7. The molecule has 2 N–H and O–H groups in total. The molecule has 18 heavy (non-hydrogen) atoms. The van der Waals surface area contributed by atoms with Gasteiger partial charge in [0.15, 0.2) is 0 Å². The Morgan fingerprint density at radius 3 is 2.06 bits per heavy atom. The van der Waals surface area contributed by atoms with Crippen LogP contribution in [0.15, 0.2) is 0 Å². The van der Waals surface area contributed by atoms with Gasteiger partial charge in [-0.3, -0.25) is 4.90 Å². The first-order valence-electron chi connectivity index (χ1n) is 8.03. The van der Waals surface area contributed by atoms with Crippen molar-refractivity contribution in [2.75, 3.05) is 32.7 Å². The van der Waals surface area contributed by atoms with Crippen LogP contribution in [-0.2, 0) is 0 Å². The second kappa shape index (κ2) is 5.48. The summed E-state index contributed by atoms with van der Waals surface area (Å²) < 4.78 is 0. The fourth-order valence-corrected chi connectivity index (χ4v) is 4.22. The van der Waals surface area contributed by atoms with Gasteiger partial charge in [-0.2, -0.15) is 0 Å². The minimum atomic E-state index is 0.410. The Labute approximate surface area is 112 Å².